The zero-order valence-electron chi connectivity index (χ0n) is 17.7. The molecule has 0 radical (unpaired) electrons. The summed E-state index contributed by atoms with van der Waals surface area (Å²) < 4.78 is 12.1. The number of hydrogen-bond acceptors (Lipinski definition) is 7. The first-order valence-electron chi connectivity index (χ1n) is 11.0. The number of para-hydroxylation sites is 2. The normalized spacial score (nSPS) is 18.8. The summed E-state index contributed by atoms with van der Waals surface area (Å²) in [4.78, 5) is 16.2. The van der Waals surface area contributed by atoms with E-state index in [4.69, 9.17) is 9.47 Å². The molecule has 6 rings (SSSR count). The number of nitrogens with zero attached hydrogens (tertiary/aromatic N) is 4. The van der Waals surface area contributed by atoms with Gasteiger partial charge >= 0.3 is 0 Å². The van der Waals surface area contributed by atoms with Crippen molar-refractivity contribution in [3.05, 3.63) is 77.4 Å². The third-order valence-electron chi connectivity index (χ3n) is 6.07. The molecule has 4 heterocycles. The van der Waals surface area contributed by atoms with Crippen LogP contribution in [0.4, 0.5) is 5.82 Å². The van der Waals surface area contributed by atoms with Crippen molar-refractivity contribution < 1.29 is 9.47 Å². The van der Waals surface area contributed by atoms with E-state index in [1.807, 2.05) is 24.3 Å². The highest BCUT2D eigenvalue weighted by atomic mass is 32.1. The summed E-state index contributed by atoms with van der Waals surface area (Å²) in [6.45, 7) is 5.46. The van der Waals surface area contributed by atoms with E-state index >= 15 is 0 Å². The van der Waals surface area contributed by atoms with Crippen LogP contribution in [0.5, 0.6) is 11.5 Å². The molecule has 1 fully saturated rings. The van der Waals surface area contributed by atoms with Crippen LogP contribution in [0.15, 0.2) is 67.0 Å². The fraction of sp³-hybridized carbons (Fsp3) is 0.280. The summed E-state index contributed by atoms with van der Waals surface area (Å²) >= 11 is 1.67. The average molecular weight is 445 g/mol. The van der Waals surface area contributed by atoms with Gasteiger partial charge in [-0.2, -0.15) is 0 Å². The Morgan fingerprint density at radius 3 is 2.53 bits per heavy atom. The molecule has 2 aromatic heterocycles. The quantitative estimate of drug-likeness (QED) is 0.461. The van der Waals surface area contributed by atoms with E-state index in [0.29, 0.717) is 6.61 Å². The van der Waals surface area contributed by atoms with Gasteiger partial charge in [-0.25, -0.2) is 9.97 Å². The van der Waals surface area contributed by atoms with E-state index in [0.717, 1.165) is 65.1 Å². The zero-order valence-corrected chi connectivity index (χ0v) is 18.5. The van der Waals surface area contributed by atoms with Gasteiger partial charge in [0.15, 0.2) is 17.6 Å². The van der Waals surface area contributed by atoms with Gasteiger partial charge in [0.25, 0.3) is 0 Å². The summed E-state index contributed by atoms with van der Waals surface area (Å²) in [5.74, 6) is 2.62. The minimum absolute atomic E-state index is 0.125. The van der Waals surface area contributed by atoms with Crippen LogP contribution in [0.2, 0.25) is 0 Å². The van der Waals surface area contributed by atoms with Crippen molar-refractivity contribution in [3.8, 4) is 11.5 Å². The number of rotatable bonds is 4. The van der Waals surface area contributed by atoms with Crippen LogP contribution < -0.4 is 14.4 Å². The van der Waals surface area contributed by atoms with Crippen LogP contribution in [0.25, 0.3) is 10.2 Å². The smallest absolute Gasteiger partial charge is 0.167 e. The predicted octanol–water partition coefficient (Wildman–Crippen LogP) is 4.53. The minimum atomic E-state index is -0.125. The largest absolute Gasteiger partial charge is 0.485 e. The molecule has 0 saturated carbocycles. The van der Waals surface area contributed by atoms with Gasteiger partial charge in [0.1, 0.15) is 23.6 Å². The summed E-state index contributed by atoms with van der Waals surface area (Å²) in [5, 5.41) is 1.10. The summed E-state index contributed by atoms with van der Waals surface area (Å²) in [5.41, 5.74) is 1.36. The van der Waals surface area contributed by atoms with Crippen molar-refractivity contribution in [1.82, 2.24) is 14.9 Å². The summed E-state index contributed by atoms with van der Waals surface area (Å²) in [7, 11) is 0. The van der Waals surface area contributed by atoms with E-state index in [2.05, 4.69) is 56.2 Å². The fourth-order valence-electron chi connectivity index (χ4n) is 4.39. The first kappa shape index (κ1) is 19.5. The molecule has 1 saturated heterocycles. The standard InChI is InChI=1S/C25H24N4O2S/c1-2-6-18(7-3-1)15-28-10-12-29(13-11-28)24-19-14-23(32-25(19)27-17-26-24)22-16-30-20-8-4-5-9-21(20)31-22/h1-9,14,17,22H,10-13,15-16H2/t22-/m1/s1. The van der Waals surface area contributed by atoms with Crippen molar-refractivity contribution in [3.63, 3.8) is 0 Å². The molecule has 0 amide bonds. The van der Waals surface area contributed by atoms with Gasteiger partial charge in [0.05, 0.1) is 10.3 Å². The Labute approximate surface area is 191 Å². The van der Waals surface area contributed by atoms with Crippen LogP contribution >= 0.6 is 11.3 Å². The lowest BCUT2D eigenvalue weighted by Crippen LogP contribution is -2.46. The third kappa shape index (κ3) is 3.78. The summed E-state index contributed by atoms with van der Waals surface area (Å²) in [6.07, 6.45) is 1.56. The van der Waals surface area contributed by atoms with Crippen LogP contribution in [-0.2, 0) is 6.54 Å². The van der Waals surface area contributed by atoms with Crippen molar-refractivity contribution in [2.45, 2.75) is 12.6 Å². The Hall–Kier alpha value is -3.16. The van der Waals surface area contributed by atoms with Gasteiger partial charge in [-0.05, 0) is 23.8 Å². The second kappa shape index (κ2) is 8.41. The molecular weight excluding hydrogens is 420 g/mol. The number of fused-ring (bicyclic) bond motifs is 2. The van der Waals surface area contributed by atoms with E-state index in [1.54, 1.807) is 17.7 Å². The van der Waals surface area contributed by atoms with Crippen LogP contribution in [0, 0.1) is 0 Å². The lowest BCUT2D eigenvalue weighted by molar-refractivity contribution is 0.0938. The molecule has 32 heavy (non-hydrogen) atoms. The molecule has 4 aromatic rings. The van der Waals surface area contributed by atoms with Gasteiger partial charge in [0, 0.05) is 32.7 Å². The number of thiophene rings is 1. The Bertz CT molecular complexity index is 1220. The number of aromatic nitrogens is 2. The lowest BCUT2D eigenvalue weighted by atomic mass is 10.2. The molecule has 6 nitrogen and oxygen atoms in total. The van der Waals surface area contributed by atoms with Crippen LogP contribution in [0.1, 0.15) is 16.5 Å². The molecule has 2 aliphatic heterocycles. The van der Waals surface area contributed by atoms with E-state index in [9.17, 15) is 0 Å². The Balaban J connectivity index is 1.19. The first-order valence-corrected chi connectivity index (χ1v) is 11.8. The first-order chi connectivity index (χ1) is 15.8. The minimum Gasteiger partial charge on any atom is -0.485 e. The molecule has 0 unspecified atom stereocenters. The lowest BCUT2D eigenvalue weighted by Gasteiger charge is -2.35. The van der Waals surface area contributed by atoms with Crippen molar-refractivity contribution in [2.24, 2.45) is 0 Å². The van der Waals surface area contributed by atoms with E-state index in [1.165, 1.54) is 5.56 Å². The fourth-order valence-corrected chi connectivity index (χ4v) is 5.40. The molecular formula is C25H24N4O2S. The number of piperazine rings is 1. The van der Waals surface area contributed by atoms with Crippen molar-refractivity contribution >= 4 is 27.4 Å². The Morgan fingerprint density at radius 2 is 1.69 bits per heavy atom. The zero-order chi connectivity index (χ0) is 21.3. The Morgan fingerprint density at radius 1 is 0.906 bits per heavy atom. The van der Waals surface area contributed by atoms with E-state index < -0.39 is 0 Å². The maximum atomic E-state index is 6.22. The molecule has 0 N–H and O–H groups in total. The molecule has 0 aliphatic carbocycles. The highest BCUT2D eigenvalue weighted by Gasteiger charge is 2.26. The number of hydrogen-bond donors (Lipinski definition) is 0. The molecule has 162 valence electrons. The van der Waals surface area contributed by atoms with E-state index in [-0.39, 0.29) is 6.10 Å². The van der Waals surface area contributed by atoms with Gasteiger partial charge in [0.2, 0.25) is 0 Å². The second-order valence-electron chi connectivity index (χ2n) is 8.18. The van der Waals surface area contributed by atoms with Gasteiger partial charge in [-0.1, -0.05) is 42.5 Å². The number of ether oxygens (including phenoxy) is 2. The molecule has 1 atom stereocenters. The highest BCUT2D eigenvalue weighted by Crippen LogP contribution is 2.40. The topological polar surface area (TPSA) is 50.7 Å². The van der Waals surface area contributed by atoms with Crippen LogP contribution in [-0.4, -0.2) is 47.7 Å². The van der Waals surface area contributed by atoms with Crippen molar-refractivity contribution in [2.75, 3.05) is 37.7 Å². The second-order valence-corrected chi connectivity index (χ2v) is 9.24. The maximum absolute atomic E-state index is 6.22. The maximum Gasteiger partial charge on any atom is 0.167 e. The SMILES string of the molecule is c1ccc(CN2CCN(c3ncnc4sc([C@H]5COc6ccccc6O5)cc34)CC2)cc1. The molecule has 0 spiro atoms. The molecule has 2 aromatic carbocycles. The predicted molar refractivity (Wildman–Crippen MR) is 127 cm³/mol. The Kier molecular flexibility index (Phi) is 5.13. The molecule has 7 heteroatoms. The van der Waals surface area contributed by atoms with Gasteiger partial charge < -0.3 is 14.4 Å². The third-order valence-corrected chi connectivity index (χ3v) is 7.21. The molecule has 2 aliphatic rings. The number of benzene rings is 2. The van der Waals surface area contributed by atoms with Gasteiger partial charge in [-0.3, -0.25) is 4.90 Å². The highest BCUT2D eigenvalue weighted by molar-refractivity contribution is 7.18. The summed E-state index contributed by atoms with van der Waals surface area (Å²) in [6, 6.07) is 20.7. The number of anilines is 1. The van der Waals surface area contributed by atoms with Crippen molar-refractivity contribution in [1.29, 1.82) is 0 Å². The monoisotopic (exact) mass is 444 g/mol. The van der Waals surface area contributed by atoms with Crippen LogP contribution in [0.3, 0.4) is 0 Å². The average Bonchev–Trinajstić information content (AvgIpc) is 3.30. The van der Waals surface area contributed by atoms with Gasteiger partial charge in [-0.15, -0.1) is 11.3 Å². The molecule has 0 bridgehead atoms.